The number of hydrogen-bond acceptors (Lipinski definition) is 22. The number of benzene rings is 1. The van der Waals surface area contributed by atoms with Crippen LogP contribution in [0.15, 0.2) is 54.4 Å². The van der Waals surface area contributed by atoms with Crippen LogP contribution in [0.2, 0.25) is 0 Å². The highest BCUT2D eigenvalue weighted by atomic mass is 16.6. The van der Waals surface area contributed by atoms with E-state index in [0.717, 1.165) is 81.8 Å². The highest BCUT2D eigenvalue weighted by molar-refractivity contribution is 5.79. The average molecular weight is 1300 g/mol. The Kier molecular flexibility index (Phi) is 33.8. The number of aromatic nitrogens is 2. The fourth-order valence-electron chi connectivity index (χ4n) is 15.2. The molecule has 1 aromatic heterocycles. The number of esters is 3. The minimum atomic E-state index is -0.598. The summed E-state index contributed by atoms with van der Waals surface area (Å²) in [6.07, 6.45) is 14.2. The fraction of sp³-hybridized carbons (Fsp3) is 0.786. The van der Waals surface area contributed by atoms with E-state index >= 15 is 0 Å². The Morgan fingerprint density at radius 1 is 0.511 bits per heavy atom. The van der Waals surface area contributed by atoms with Crippen molar-refractivity contribution in [2.75, 3.05) is 185 Å². The van der Waals surface area contributed by atoms with Crippen molar-refractivity contribution in [3.63, 3.8) is 0 Å². The van der Waals surface area contributed by atoms with Gasteiger partial charge in [-0.25, -0.2) is 0 Å². The number of rotatable bonds is 46. The quantitative estimate of drug-likeness (QED) is 0.0279. The second-order valence-electron chi connectivity index (χ2n) is 26.3. The van der Waals surface area contributed by atoms with Crippen molar-refractivity contribution in [3.05, 3.63) is 71.3 Å². The lowest BCUT2D eigenvalue weighted by Crippen LogP contribution is -2.65. The normalized spacial score (nSPS) is 26.0. The first-order chi connectivity index (χ1) is 44.6. The van der Waals surface area contributed by atoms with Crippen LogP contribution in [0, 0.1) is 44.8 Å². The minimum absolute atomic E-state index is 0.0130. The van der Waals surface area contributed by atoms with Crippen molar-refractivity contribution >= 4 is 17.9 Å². The van der Waals surface area contributed by atoms with E-state index in [0.29, 0.717) is 164 Å². The zero-order valence-corrected chi connectivity index (χ0v) is 56.6. The van der Waals surface area contributed by atoms with Crippen molar-refractivity contribution in [2.24, 2.45) is 44.8 Å². The van der Waals surface area contributed by atoms with Gasteiger partial charge in [-0.1, -0.05) is 83.5 Å². The lowest BCUT2D eigenvalue weighted by Gasteiger charge is -2.70. The number of fused-ring (bicyclic) bond motifs is 8. The largest absolute Gasteiger partial charge is 0.465 e. The van der Waals surface area contributed by atoms with Gasteiger partial charge < -0.3 is 81.3 Å². The van der Waals surface area contributed by atoms with Crippen LogP contribution in [0.4, 0.5) is 0 Å². The Morgan fingerprint density at radius 2 is 0.957 bits per heavy atom. The topological polar surface area (TPSA) is 256 Å². The smallest absolute Gasteiger partial charge is 0.313 e. The summed E-state index contributed by atoms with van der Waals surface area (Å²) in [5.74, 6) is -0.358. The van der Waals surface area contributed by atoms with Crippen molar-refractivity contribution < 1.29 is 95.6 Å². The third kappa shape index (κ3) is 22.2. The summed E-state index contributed by atoms with van der Waals surface area (Å²) < 4.78 is 83.5. The molecule has 0 bridgehead atoms. The number of hydrogen-bond donors (Lipinski definition) is 2. The van der Waals surface area contributed by atoms with Crippen LogP contribution < -0.4 is 0 Å². The van der Waals surface area contributed by atoms with Gasteiger partial charge in [0.15, 0.2) is 0 Å². The average Bonchev–Trinajstić information content (AvgIpc) is 0.676. The summed E-state index contributed by atoms with van der Waals surface area (Å²) >= 11 is 0. The molecule has 22 heteroatoms. The number of carbonyl (C=O) groups is 3. The van der Waals surface area contributed by atoms with Crippen LogP contribution in [0.5, 0.6) is 0 Å². The highest BCUT2D eigenvalue weighted by Gasteiger charge is 2.70. The summed E-state index contributed by atoms with van der Waals surface area (Å²) in [5.41, 5.74) is 3.02. The standard InChI is InChI=1S/C69H108N2O19.CH4O/c1-64(2)18-20-69(63(75)89-52-54-10-8-7-9-11-54)21-19-67(5)55(56(69)50-64)12-13-59-65(3)51-57-62(71-23-22-70-57)66(4,58(65)16-17-68(59,67)6)53-90-61(74)15-14-60(73)88-49-48-87-47-46-86-45-44-85-43-42-84-41-40-83-39-38-82-37-36-81-35-34-80-33-32-79-31-30-78-29-28-77-27-26-76-25-24-72;1-2/h7-12,22-23,56,58-59,72H,13-21,24-53H2,1-6H3;2H,1H3/t56-,58+,59+,65-,66-,67+,68+,69-;/m0./s1. The lowest BCUT2D eigenvalue weighted by atomic mass is 9.33. The van der Waals surface area contributed by atoms with Crippen LogP contribution in [-0.2, 0) is 104 Å². The number of allylic oxidation sites excluding steroid dienone is 2. The molecule has 0 radical (unpaired) electrons. The summed E-state index contributed by atoms with van der Waals surface area (Å²) in [7, 11) is 1.00. The van der Waals surface area contributed by atoms with E-state index in [1.807, 2.05) is 30.3 Å². The third-order valence-electron chi connectivity index (χ3n) is 20.0. The van der Waals surface area contributed by atoms with Gasteiger partial charge in [0.2, 0.25) is 0 Å². The molecule has 522 valence electrons. The molecule has 92 heavy (non-hydrogen) atoms. The molecule has 0 saturated heterocycles. The molecule has 0 spiro atoms. The zero-order valence-electron chi connectivity index (χ0n) is 56.6. The number of nitrogens with zero attached hydrogens (tertiary/aromatic N) is 2. The molecule has 8 atom stereocenters. The number of ether oxygens (including phenoxy) is 15. The number of aliphatic hydroxyl groups is 2. The first-order valence-electron chi connectivity index (χ1n) is 33.6. The highest BCUT2D eigenvalue weighted by Crippen LogP contribution is 2.75. The maximum atomic E-state index is 14.5. The van der Waals surface area contributed by atoms with Crippen LogP contribution in [0.3, 0.4) is 0 Å². The molecule has 3 saturated carbocycles. The first kappa shape index (κ1) is 76.9. The molecule has 0 aliphatic heterocycles. The molecular formula is C70H112N2O20. The van der Waals surface area contributed by atoms with Gasteiger partial charge in [0.1, 0.15) is 19.8 Å². The van der Waals surface area contributed by atoms with E-state index in [1.54, 1.807) is 12.4 Å². The van der Waals surface area contributed by atoms with Gasteiger partial charge in [-0.05, 0) is 103 Å². The van der Waals surface area contributed by atoms with Gasteiger partial charge in [0.05, 0.1) is 195 Å². The van der Waals surface area contributed by atoms with Gasteiger partial charge in [-0.15, -0.1) is 0 Å². The van der Waals surface area contributed by atoms with Gasteiger partial charge in [0.25, 0.3) is 0 Å². The zero-order chi connectivity index (χ0) is 66.0. The van der Waals surface area contributed by atoms with Crippen LogP contribution in [-0.4, -0.2) is 224 Å². The maximum absolute atomic E-state index is 14.5. The summed E-state index contributed by atoms with van der Waals surface area (Å²) in [6.45, 7) is 25.5. The Balaban J connectivity index is 0.00000665. The molecule has 7 rings (SSSR count). The maximum Gasteiger partial charge on any atom is 0.313 e. The monoisotopic (exact) mass is 1300 g/mol. The van der Waals surface area contributed by atoms with Gasteiger partial charge in [-0.2, -0.15) is 0 Å². The predicted molar refractivity (Wildman–Crippen MR) is 342 cm³/mol. The van der Waals surface area contributed by atoms with E-state index in [2.05, 4.69) is 47.6 Å². The van der Waals surface area contributed by atoms with E-state index in [-0.39, 0.29) is 78.7 Å². The lowest BCUT2D eigenvalue weighted by molar-refractivity contribution is -0.185. The predicted octanol–water partition coefficient (Wildman–Crippen LogP) is 7.68. The molecule has 2 aromatic rings. The molecule has 1 aromatic carbocycles. The Morgan fingerprint density at radius 3 is 1.45 bits per heavy atom. The molecule has 5 aliphatic rings. The van der Waals surface area contributed by atoms with Crippen LogP contribution in [0.25, 0.3) is 0 Å². The minimum Gasteiger partial charge on any atom is -0.465 e. The molecule has 0 amide bonds. The second kappa shape index (κ2) is 40.4. The molecule has 22 nitrogen and oxygen atoms in total. The molecule has 2 N–H and O–H groups in total. The van der Waals surface area contributed by atoms with Crippen molar-refractivity contribution in [1.82, 2.24) is 9.97 Å². The Hall–Kier alpha value is -4.11. The van der Waals surface area contributed by atoms with Crippen molar-refractivity contribution in [2.45, 2.75) is 124 Å². The van der Waals surface area contributed by atoms with Crippen LogP contribution >= 0.6 is 0 Å². The van der Waals surface area contributed by atoms with Gasteiger partial charge >= 0.3 is 17.9 Å². The second-order valence-corrected chi connectivity index (χ2v) is 26.3. The molecular weight excluding hydrogens is 1190 g/mol. The molecule has 1 heterocycles. The van der Waals surface area contributed by atoms with E-state index in [4.69, 9.17) is 91.2 Å². The Labute approximate surface area is 547 Å². The van der Waals surface area contributed by atoms with Crippen molar-refractivity contribution in [1.29, 1.82) is 0 Å². The van der Waals surface area contributed by atoms with Crippen molar-refractivity contribution in [3.8, 4) is 0 Å². The van der Waals surface area contributed by atoms with E-state index in [9.17, 15) is 14.4 Å². The van der Waals surface area contributed by atoms with Gasteiger partial charge in [0, 0.05) is 24.9 Å². The Bertz CT molecular complexity index is 2460. The third-order valence-corrected chi connectivity index (χ3v) is 20.0. The van der Waals surface area contributed by atoms with Gasteiger partial charge in [-0.3, -0.25) is 24.4 Å². The number of aliphatic hydroxyl groups excluding tert-OH is 2. The first-order valence-corrected chi connectivity index (χ1v) is 33.6. The summed E-state index contributed by atoms with van der Waals surface area (Å²) in [5, 5.41) is 15.6. The molecule has 5 aliphatic carbocycles. The number of carbonyl (C=O) groups excluding carboxylic acids is 3. The summed E-state index contributed by atoms with van der Waals surface area (Å²) in [4.78, 5) is 50.7. The SMILES string of the molecule is CC1(C)CC[C@]2(C(=O)OCc3ccccc3)CC[C@]3(C)C(=CC[C@@H]4[C@@]5(C)Cc6nccnc6[C@@](C)(COC(=O)CCC(=O)OCCOCCOCCOCCOCCOCCOCCOCCOCCOCCOCCOCCOCCO)[C@@H]5CC[C@]43C)[C@@H]2C1.CO. The van der Waals surface area contributed by atoms with E-state index in [1.165, 1.54) is 5.57 Å². The van der Waals surface area contributed by atoms with Crippen LogP contribution in [0.1, 0.15) is 123 Å². The fourth-order valence-corrected chi connectivity index (χ4v) is 15.2. The molecule has 3 fully saturated rings. The summed E-state index contributed by atoms with van der Waals surface area (Å²) in [6, 6.07) is 10.0. The molecule has 0 unspecified atom stereocenters. The van der Waals surface area contributed by atoms with E-state index < -0.39 is 22.8 Å².